The summed E-state index contributed by atoms with van der Waals surface area (Å²) in [5.41, 5.74) is 5.87. The number of nitrogens with one attached hydrogen (secondary N) is 2. The van der Waals surface area contributed by atoms with Crippen LogP contribution in [0.5, 0.6) is 0 Å². The van der Waals surface area contributed by atoms with Gasteiger partial charge in [-0.3, -0.25) is 9.48 Å². The van der Waals surface area contributed by atoms with Gasteiger partial charge in [-0.2, -0.15) is 5.10 Å². The van der Waals surface area contributed by atoms with Crippen molar-refractivity contribution in [3.05, 3.63) is 47.2 Å². The van der Waals surface area contributed by atoms with Crippen molar-refractivity contribution in [2.45, 2.75) is 40.3 Å². The minimum absolute atomic E-state index is 0.00940. The molecule has 2 N–H and O–H groups in total. The van der Waals surface area contributed by atoms with Gasteiger partial charge in [-0.15, -0.1) is 0 Å². The first-order valence-electron chi connectivity index (χ1n) is 7.72. The second-order valence-corrected chi connectivity index (χ2v) is 5.91. The van der Waals surface area contributed by atoms with Gasteiger partial charge in [0.2, 0.25) is 5.91 Å². The quantitative estimate of drug-likeness (QED) is 0.759. The first kappa shape index (κ1) is 15.3. The van der Waals surface area contributed by atoms with Crippen LogP contribution < -0.4 is 5.32 Å². The summed E-state index contributed by atoms with van der Waals surface area (Å²) in [6, 6.07) is 4.31. The number of fused-ring (bicyclic) bond motifs is 1. The fraction of sp³-hybridized carbons (Fsp3) is 0.353. The molecule has 0 spiro atoms. The first-order chi connectivity index (χ1) is 11.0. The number of hydrogen-bond donors (Lipinski definition) is 2. The average molecular weight is 311 g/mol. The molecule has 6 heteroatoms. The third-order valence-electron chi connectivity index (χ3n) is 4.15. The van der Waals surface area contributed by atoms with Crippen molar-refractivity contribution in [3.8, 4) is 0 Å². The molecule has 1 amide bonds. The molecule has 0 aliphatic rings. The molecule has 0 radical (unpaired) electrons. The van der Waals surface area contributed by atoms with E-state index in [9.17, 15) is 4.79 Å². The van der Waals surface area contributed by atoms with Gasteiger partial charge in [-0.1, -0.05) is 11.6 Å². The van der Waals surface area contributed by atoms with Crippen molar-refractivity contribution in [2.24, 2.45) is 0 Å². The molecule has 23 heavy (non-hydrogen) atoms. The molecule has 0 atom stereocenters. The smallest absolute Gasteiger partial charge is 0.222 e. The molecule has 0 aliphatic heterocycles. The maximum absolute atomic E-state index is 12.0. The van der Waals surface area contributed by atoms with E-state index in [0.717, 1.165) is 11.1 Å². The normalized spacial score (nSPS) is 11.1. The van der Waals surface area contributed by atoms with Gasteiger partial charge in [0.1, 0.15) is 12.7 Å². The van der Waals surface area contributed by atoms with E-state index in [1.165, 1.54) is 28.5 Å². The predicted molar refractivity (Wildman–Crippen MR) is 89.0 cm³/mol. The van der Waals surface area contributed by atoms with Gasteiger partial charge in [-0.25, -0.2) is 4.98 Å². The monoisotopic (exact) mass is 311 g/mol. The third-order valence-corrected chi connectivity index (χ3v) is 4.15. The van der Waals surface area contributed by atoms with Crippen molar-refractivity contribution < 1.29 is 4.79 Å². The summed E-state index contributed by atoms with van der Waals surface area (Å²) in [5, 5.41) is 8.21. The van der Waals surface area contributed by atoms with Crippen LogP contribution in [-0.4, -0.2) is 25.7 Å². The zero-order chi connectivity index (χ0) is 16.4. The number of aromatic nitrogens is 4. The van der Waals surface area contributed by atoms with E-state index in [4.69, 9.17) is 0 Å². The van der Waals surface area contributed by atoms with Gasteiger partial charge in [0.05, 0.1) is 12.1 Å². The van der Waals surface area contributed by atoms with E-state index in [2.05, 4.69) is 53.3 Å². The molecule has 1 aromatic carbocycles. The van der Waals surface area contributed by atoms with Gasteiger partial charge in [0, 0.05) is 24.0 Å². The Hall–Kier alpha value is -2.63. The molecule has 3 aromatic rings. The number of rotatable bonds is 5. The number of benzene rings is 1. The van der Waals surface area contributed by atoms with Crippen molar-refractivity contribution in [3.63, 3.8) is 0 Å². The number of nitrogens with zero attached hydrogens (tertiary/aromatic N) is 3. The van der Waals surface area contributed by atoms with Crippen molar-refractivity contribution in [1.29, 1.82) is 0 Å². The Balaban J connectivity index is 1.69. The van der Waals surface area contributed by atoms with Crippen molar-refractivity contribution >= 4 is 16.8 Å². The van der Waals surface area contributed by atoms with Crippen LogP contribution in [0.25, 0.3) is 10.9 Å². The standard InChI is InChI=1S/C17H21N5O/c1-11-6-14(17-15(7-11)12(2)13(3)21-17)8-19-16(23)4-5-22-10-18-9-20-22/h6-7,9-10,21H,4-5,8H2,1-3H3,(H,19,23). The summed E-state index contributed by atoms with van der Waals surface area (Å²) in [7, 11) is 0. The maximum Gasteiger partial charge on any atom is 0.222 e. The van der Waals surface area contributed by atoms with E-state index in [0.29, 0.717) is 19.5 Å². The van der Waals surface area contributed by atoms with Crippen LogP contribution in [-0.2, 0) is 17.9 Å². The lowest BCUT2D eigenvalue weighted by atomic mass is 10.0. The minimum atomic E-state index is 0.00940. The molecule has 2 heterocycles. The molecule has 0 saturated carbocycles. The lowest BCUT2D eigenvalue weighted by molar-refractivity contribution is -0.121. The highest BCUT2D eigenvalue weighted by molar-refractivity contribution is 5.88. The van der Waals surface area contributed by atoms with E-state index in [1.54, 1.807) is 11.0 Å². The molecule has 0 bridgehead atoms. The molecule has 0 fully saturated rings. The molecule has 0 saturated heterocycles. The van der Waals surface area contributed by atoms with Gasteiger partial charge in [0.25, 0.3) is 0 Å². The summed E-state index contributed by atoms with van der Waals surface area (Å²) < 4.78 is 1.65. The average Bonchev–Trinajstić information content (AvgIpc) is 3.13. The topological polar surface area (TPSA) is 75.6 Å². The summed E-state index contributed by atoms with van der Waals surface area (Å²) >= 11 is 0. The highest BCUT2D eigenvalue weighted by Gasteiger charge is 2.10. The Bertz CT molecular complexity index is 832. The lowest BCUT2D eigenvalue weighted by Gasteiger charge is -2.08. The minimum Gasteiger partial charge on any atom is -0.358 e. The Morgan fingerprint density at radius 2 is 2.13 bits per heavy atom. The summed E-state index contributed by atoms with van der Waals surface area (Å²) in [6.45, 7) is 7.33. The first-order valence-corrected chi connectivity index (χ1v) is 7.72. The fourth-order valence-electron chi connectivity index (χ4n) is 2.77. The number of amides is 1. The van der Waals surface area contributed by atoms with Crippen LogP contribution in [0.2, 0.25) is 0 Å². The van der Waals surface area contributed by atoms with Gasteiger partial charge < -0.3 is 10.3 Å². The second kappa shape index (κ2) is 6.24. The maximum atomic E-state index is 12.0. The molecule has 0 unspecified atom stereocenters. The molecule has 0 aliphatic carbocycles. The van der Waals surface area contributed by atoms with Crippen LogP contribution in [0.15, 0.2) is 24.8 Å². The van der Waals surface area contributed by atoms with Gasteiger partial charge in [-0.05, 0) is 38.0 Å². The number of aryl methyl sites for hydroxylation is 4. The number of aromatic amines is 1. The number of carbonyl (C=O) groups excluding carboxylic acids is 1. The van der Waals surface area contributed by atoms with E-state index in [-0.39, 0.29) is 5.91 Å². The van der Waals surface area contributed by atoms with Gasteiger partial charge >= 0.3 is 0 Å². The van der Waals surface area contributed by atoms with Crippen LogP contribution >= 0.6 is 0 Å². The molecule has 3 rings (SSSR count). The summed E-state index contributed by atoms with van der Waals surface area (Å²) in [6.07, 6.45) is 3.47. The van der Waals surface area contributed by atoms with Crippen LogP contribution in [0.1, 0.15) is 28.8 Å². The summed E-state index contributed by atoms with van der Waals surface area (Å²) in [5.74, 6) is 0.00940. The molecular weight excluding hydrogens is 290 g/mol. The Kier molecular flexibility index (Phi) is 4.14. The zero-order valence-electron chi connectivity index (χ0n) is 13.7. The Labute approximate surface area is 134 Å². The molecule has 6 nitrogen and oxygen atoms in total. The molecular formula is C17H21N5O. The zero-order valence-corrected chi connectivity index (χ0v) is 13.7. The molecule has 120 valence electrons. The SMILES string of the molecule is Cc1cc(CNC(=O)CCn2cncn2)c2[nH]c(C)c(C)c2c1. The highest BCUT2D eigenvalue weighted by atomic mass is 16.1. The largest absolute Gasteiger partial charge is 0.358 e. The van der Waals surface area contributed by atoms with Crippen LogP contribution in [0.4, 0.5) is 0 Å². The van der Waals surface area contributed by atoms with E-state index >= 15 is 0 Å². The fourth-order valence-corrected chi connectivity index (χ4v) is 2.77. The number of hydrogen-bond acceptors (Lipinski definition) is 3. The van der Waals surface area contributed by atoms with E-state index < -0.39 is 0 Å². The molecule has 2 aromatic heterocycles. The third kappa shape index (κ3) is 3.26. The second-order valence-electron chi connectivity index (χ2n) is 5.91. The Morgan fingerprint density at radius 1 is 1.30 bits per heavy atom. The number of carbonyl (C=O) groups is 1. The number of H-pyrrole nitrogens is 1. The van der Waals surface area contributed by atoms with Crippen molar-refractivity contribution in [2.75, 3.05) is 0 Å². The van der Waals surface area contributed by atoms with E-state index in [1.807, 2.05) is 0 Å². The predicted octanol–water partition coefficient (Wildman–Crippen LogP) is 2.39. The highest BCUT2D eigenvalue weighted by Crippen LogP contribution is 2.25. The Morgan fingerprint density at radius 3 is 2.87 bits per heavy atom. The van der Waals surface area contributed by atoms with Crippen LogP contribution in [0, 0.1) is 20.8 Å². The lowest BCUT2D eigenvalue weighted by Crippen LogP contribution is -2.24. The van der Waals surface area contributed by atoms with Gasteiger partial charge in [0.15, 0.2) is 0 Å². The van der Waals surface area contributed by atoms with Crippen LogP contribution in [0.3, 0.4) is 0 Å². The van der Waals surface area contributed by atoms with Crippen molar-refractivity contribution in [1.82, 2.24) is 25.1 Å². The summed E-state index contributed by atoms with van der Waals surface area (Å²) in [4.78, 5) is 19.3.